The summed E-state index contributed by atoms with van der Waals surface area (Å²) >= 11 is 0. The van der Waals surface area contributed by atoms with E-state index in [2.05, 4.69) is 27.1 Å². The number of rotatable bonds is 5. The van der Waals surface area contributed by atoms with Gasteiger partial charge in [0.1, 0.15) is 5.69 Å². The largest absolute Gasteiger partial charge is 0.385 e. The Morgan fingerprint density at radius 1 is 1.28 bits per heavy atom. The Morgan fingerprint density at radius 2 is 2.10 bits per heavy atom. The maximum atomic E-state index is 13.0. The third kappa shape index (κ3) is 3.27. The van der Waals surface area contributed by atoms with E-state index in [1.807, 2.05) is 12.1 Å². The van der Waals surface area contributed by atoms with Gasteiger partial charge in [-0.2, -0.15) is 5.10 Å². The number of nitrogens with one attached hydrogen (secondary N) is 3. The van der Waals surface area contributed by atoms with Crippen molar-refractivity contribution in [2.45, 2.75) is 25.4 Å². The van der Waals surface area contributed by atoms with Gasteiger partial charge in [-0.3, -0.25) is 14.3 Å². The molecule has 1 saturated heterocycles. The molecular formula is C21H25N5O3. The molecule has 5 rings (SSSR count). The number of anilines is 1. The van der Waals surface area contributed by atoms with E-state index in [0.29, 0.717) is 37.3 Å². The minimum absolute atomic E-state index is 0.161. The van der Waals surface area contributed by atoms with E-state index in [0.717, 1.165) is 30.6 Å². The Kier molecular flexibility index (Phi) is 4.50. The molecule has 2 amide bonds. The van der Waals surface area contributed by atoms with Crippen LogP contribution >= 0.6 is 0 Å². The number of ether oxygens (including phenoxy) is 1. The number of para-hydroxylation sites is 1. The summed E-state index contributed by atoms with van der Waals surface area (Å²) in [5.41, 5.74) is 4.12. The molecule has 3 atom stereocenters. The number of aryl methyl sites for hydroxylation is 1. The van der Waals surface area contributed by atoms with E-state index in [4.69, 9.17) is 4.74 Å². The molecule has 1 aromatic carbocycles. The van der Waals surface area contributed by atoms with Crippen molar-refractivity contribution in [3.05, 3.63) is 46.8 Å². The SMILES string of the molecule is CNC(=O)c1cc(C(=O)NC2[C@H]3COC[C@@H]23)n(Cc2cccc3c2NCCC3)n1. The fourth-order valence-corrected chi connectivity index (χ4v) is 4.51. The number of hydrogen-bond acceptors (Lipinski definition) is 5. The Labute approximate surface area is 169 Å². The Hall–Kier alpha value is -2.87. The molecule has 2 fully saturated rings. The van der Waals surface area contributed by atoms with Crippen LogP contribution in [-0.2, 0) is 17.7 Å². The summed E-state index contributed by atoms with van der Waals surface area (Å²) in [5, 5.41) is 13.6. The first kappa shape index (κ1) is 18.2. The van der Waals surface area contributed by atoms with Crippen molar-refractivity contribution in [1.82, 2.24) is 20.4 Å². The lowest BCUT2D eigenvalue weighted by Crippen LogP contribution is -2.31. The highest BCUT2D eigenvalue weighted by molar-refractivity contribution is 5.98. The zero-order chi connectivity index (χ0) is 20.0. The third-order valence-electron chi connectivity index (χ3n) is 6.20. The van der Waals surface area contributed by atoms with Gasteiger partial charge in [0.15, 0.2) is 5.69 Å². The molecule has 0 bridgehead atoms. The van der Waals surface area contributed by atoms with Gasteiger partial charge in [0.05, 0.1) is 19.8 Å². The molecule has 152 valence electrons. The summed E-state index contributed by atoms with van der Waals surface area (Å²) in [4.78, 5) is 25.1. The number of fused-ring (bicyclic) bond motifs is 2. The van der Waals surface area contributed by atoms with Crippen molar-refractivity contribution in [2.24, 2.45) is 11.8 Å². The van der Waals surface area contributed by atoms with Gasteiger partial charge in [-0.25, -0.2) is 0 Å². The molecule has 0 spiro atoms. The minimum Gasteiger partial charge on any atom is -0.385 e. The molecule has 1 unspecified atom stereocenters. The highest BCUT2D eigenvalue weighted by atomic mass is 16.5. The van der Waals surface area contributed by atoms with Crippen LogP contribution in [0.25, 0.3) is 0 Å². The van der Waals surface area contributed by atoms with Crippen molar-refractivity contribution >= 4 is 17.5 Å². The summed E-state index contributed by atoms with van der Waals surface area (Å²) in [6, 6.07) is 7.95. The molecule has 1 aliphatic carbocycles. The fourth-order valence-electron chi connectivity index (χ4n) is 4.51. The Balaban J connectivity index is 1.43. The van der Waals surface area contributed by atoms with Gasteiger partial charge in [-0.1, -0.05) is 18.2 Å². The molecule has 1 aromatic heterocycles. The van der Waals surface area contributed by atoms with Crippen LogP contribution in [0, 0.1) is 11.8 Å². The summed E-state index contributed by atoms with van der Waals surface area (Å²) < 4.78 is 7.04. The predicted molar refractivity (Wildman–Crippen MR) is 107 cm³/mol. The summed E-state index contributed by atoms with van der Waals surface area (Å²) in [5.74, 6) is 0.339. The van der Waals surface area contributed by atoms with Crippen LogP contribution in [0.15, 0.2) is 24.3 Å². The number of aromatic nitrogens is 2. The molecule has 3 N–H and O–H groups in total. The van der Waals surface area contributed by atoms with Gasteiger partial charge in [0.2, 0.25) is 0 Å². The van der Waals surface area contributed by atoms with Gasteiger partial charge in [-0.05, 0) is 24.0 Å². The fraction of sp³-hybridized carbons (Fsp3) is 0.476. The monoisotopic (exact) mass is 395 g/mol. The smallest absolute Gasteiger partial charge is 0.271 e. The van der Waals surface area contributed by atoms with E-state index in [9.17, 15) is 9.59 Å². The molecule has 3 aliphatic rings. The Morgan fingerprint density at radius 3 is 2.90 bits per heavy atom. The first-order chi connectivity index (χ1) is 14.2. The lowest BCUT2D eigenvalue weighted by molar-refractivity contribution is 0.0917. The second kappa shape index (κ2) is 7.18. The number of hydrogen-bond donors (Lipinski definition) is 3. The van der Waals surface area contributed by atoms with Gasteiger partial charge >= 0.3 is 0 Å². The topological polar surface area (TPSA) is 97.3 Å². The van der Waals surface area contributed by atoms with Gasteiger partial charge in [-0.15, -0.1) is 0 Å². The average molecular weight is 395 g/mol. The van der Waals surface area contributed by atoms with E-state index in [-0.39, 0.29) is 23.6 Å². The standard InChI is InChI=1S/C21H25N5O3/c1-22-20(27)16-8-17(21(28)24-19-14-10-29-11-15(14)19)26(25-16)9-13-5-2-4-12-6-3-7-23-18(12)13/h2,4-5,8,14-15,19,23H,3,6-7,9-11H2,1H3,(H,22,27)(H,24,28)/t14-,15+,19?. The van der Waals surface area contributed by atoms with E-state index < -0.39 is 0 Å². The molecule has 2 aliphatic heterocycles. The van der Waals surface area contributed by atoms with Gasteiger partial charge in [0, 0.05) is 43.2 Å². The van der Waals surface area contributed by atoms with Crippen molar-refractivity contribution in [1.29, 1.82) is 0 Å². The number of benzene rings is 1. The molecule has 3 heterocycles. The first-order valence-corrected chi connectivity index (χ1v) is 10.2. The number of amides is 2. The molecule has 8 nitrogen and oxygen atoms in total. The molecule has 29 heavy (non-hydrogen) atoms. The zero-order valence-corrected chi connectivity index (χ0v) is 16.4. The highest BCUT2D eigenvalue weighted by Gasteiger charge is 2.55. The molecule has 0 radical (unpaired) electrons. The van der Waals surface area contributed by atoms with Crippen molar-refractivity contribution in [3.8, 4) is 0 Å². The number of carbonyl (C=O) groups excluding carboxylic acids is 2. The van der Waals surface area contributed by atoms with Gasteiger partial charge in [0.25, 0.3) is 11.8 Å². The lowest BCUT2D eigenvalue weighted by Gasteiger charge is -2.21. The maximum absolute atomic E-state index is 13.0. The Bertz CT molecular complexity index is 959. The quantitative estimate of drug-likeness (QED) is 0.702. The van der Waals surface area contributed by atoms with E-state index in [1.54, 1.807) is 17.8 Å². The van der Waals surface area contributed by atoms with Crippen LogP contribution in [-0.4, -0.2) is 54.4 Å². The van der Waals surface area contributed by atoms with Crippen molar-refractivity contribution < 1.29 is 14.3 Å². The molecular weight excluding hydrogens is 370 g/mol. The van der Waals surface area contributed by atoms with Crippen molar-refractivity contribution in [3.63, 3.8) is 0 Å². The van der Waals surface area contributed by atoms with Crippen LogP contribution in [0.3, 0.4) is 0 Å². The van der Waals surface area contributed by atoms with Crippen LogP contribution in [0.4, 0.5) is 5.69 Å². The summed E-state index contributed by atoms with van der Waals surface area (Å²) in [6.07, 6.45) is 2.15. The number of carbonyl (C=O) groups is 2. The first-order valence-electron chi connectivity index (χ1n) is 10.2. The minimum atomic E-state index is -0.303. The third-order valence-corrected chi connectivity index (χ3v) is 6.20. The van der Waals surface area contributed by atoms with Crippen LogP contribution in [0.5, 0.6) is 0 Å². The zero-order valence-electron chi connectivity index (χ0n) is 16.4. The molecule has 1 saturated carbocycles. The predicted octanol–water partition coefficient (Wildman–Crippen LogP) is 1.02. The van der Waals surface area contributed by atoms with E-state index >= 15 is 0 Å². The van der Waals surface area contributed by atoms with Crippen LogP contribution in [0.1, 0.15) is 38.5 Å². The summed E-state index contributed by atoms with van der Waals surface area (Å²) in [6.45, 7) is 2.78. The maximum Gasteiger partial charge on any atom is 0.271 e. The van der Waals surface area contributed by atoms with Gasteiger partial charge < -0.3 is 20.7 Å². The van der Waals surface area contributed by atoms with E-state index in [1.165, 1.54) is 5.56 Å². The molecule has 2 aromatic rings. The van der Waals surface area contributed by atoms with Crippen LogP contribution < -0.4 is 16.0 Å². The lowest BCUT2D eigenvalue weighted by atomic mass is 9.99. The second-order valence-electron chi connectivity index (χ2n) is 8.00. The van der Waals surface area contributed by atoms with Crippen molar-refractivity contribution in [2.75, 3.05) is 32.1 Å². The highest BCUT2D eigenvalue weighted by Crippen LogP contribution is 2.44. The van der Waals surface area contributed by atoms with Crippen LogP contribution in [0.2, 0.25) is 0 Å². The normalized spacial score (nSPS) is 24.2. The number of nitrogens with zero attached hydrogens (tertiary/aromatic N) is 2. The average Bonchev–Trinajstić information content (AvgIpc) is 3.11. The molecule has 8 heteroatoms. The summed E-state index contributed by atoms with van der Waals surface area (Å²) in [7, 11) is 1.56. The second-order valence-corrected chi connectivity index (χ2v) is 8.00.